The van der Waals surface area contributed by atoms with E-state index in [9.17, 15) is 34.2 Å². The molecule has 0 unspecified atom stereocenters. The monoisotopic (exact) mass is 896 g/mol. The largest absolute Gasteiger partial charge is 0.460 e. The van der Waals surface area contributed by atoms with Crippen LogP contribution in [0.1, 0.15) is 139 Å². The van der Waals surface area contributed by atoms with Crippen molar-refractivity contribution in [2.75, 3.05) is 20.8 Å². The van der Waals surface area contributed by atoms with Crippen LogP contribution in [0.25, 0.3) is 0 Å². The number of allylic oxidation sites excluding steroid dienone is 6. The highest BCUT2D eigenvalue weighted by atomic mass is 16.6. The van der Waals surface area contributed by atoms with Crippen LogP contribution in [0.15, 0.2) is 47.6 Å². The lowest BCUT2D eigenvalue weighted by Crippen LogP contribution is -2.61. The molecule has 3 heterocycles. The topological polar surface area (TPSA) is 166 Å². The van der Waals surface area contributed by atoms with Gasteiger partial charge >= 0.3 is 5.97 Å². The second-order valence-corrected chi connectivity index (χ2v) is 20.1. The third-order valence-electron chi connectivity index (χ3n) is 14.9. The Morgan fingerprint density at radius 1 is 0.859 bits per heavy atom. The zero-order chi connectivity index (χ0) is 47.5. The van der Waals surface area contributed by atoms with Crippen LogP contribution < -0.4 is 0 Å². The van der Waals surface area contributed by atoms with Crippen LogP contribution in [0.4, 0.5) is 0 Å². The second kappa shape index (κ2) is 24.5. The highest BCUT2D eigenvalue weighted by Gasteiger charge is 2.53. The Balaban J connectivity index is 1.68. The van der Waals surface area contributed by atoms with Crippen molar-refractivity contribution in [1.29, 1.82) is 0 Å². The summed E-state index contributed by atoms with van der Waals surface area (Å²) >= 11 is 0. The number of Topliss-reactive ketones (excluding diaryl/α,β-unsaturated/α-hetero) is 3. The third-order valence-corrected chi connectivity index (χ3v) is 14.9. The first kappa shape index (κ1) is 53.3. The van der Waals surface area contributed by atoms with Gasteiger partial charge in [0.05, 0.1) is 24.4 Å². The van der Waals surface area contributed by atoms with Gasteiger partial charge in [0, 0.05) is 57.3 Å². The summed E-state index contributed by atoms with van der Waals surface area (Å²) in [7, 11) is 3.33. The number of aliphatic hydroxyl groups excluding tert-OH is 1. The highest BCUT2D eigenvalue weighted by molar-refractivity contribution is 6.39. The maximum absolute atomic E-state index is 14.4. The molecule has 0 radical (unpaired) electrons. The summed E-state index contributed by atoms with van der Waals surface area (Å²) in [4.78, 5) is 71.7. The van der Waals surface area contributed by atoms with Gasteiger partial charge < -0.3 is 34.1 Å². The quantitative estimate of drug-likeness (QED) is 0.156. The van der Waals surface area contributed by atoms with Crippen LogP contribution >= 0.6 is 0 Å². The average Bonchev–Trinajstić information content (AvgIpc) is 3.27. The molecular weight excluding hydrogens is 815 g/mol. The number of nitrogens with zero attached hydrogens (tertiary/aromatic N) is 1. The Morgan fingerprint density at radius 2 is 1.58 bits per heavy atom. The van der Waals surface area contributed by atoms with E-state index in [2.05, 4.69) is 6.92 Å². The first-order valence-corrected chi connectivity index (χ1v) is 24.2. The summed E-state index contributed by atoms with van der Waals surface area (Å²) in [5.74, 6) is -7.21. The summed E-state index contributed by atoms with van der Waals surface area (Å²) in [6.07, 6.45) is 15.5. The number of cyclic esters (lactones) is 1. The fraction of sp³-hybridized carbons (Fsp3) is 0.750. The molecule has 1 amide bonds. The van der Waals surface area contributed by atoms with E-state index in [1.807, 2.05) is 58.1 Å². The Labute approximate surface area is 383 Å². The number of carbonyl (C=O) groups is 5. The van der Waals surface area contributed by atoms with Crippen LogP contribution in [0, 0.1) is 47.3 Å². The van der Waals surface area contributed by atoms with Gasteiger partial charge in [-0.3, -0.25) is 19.2 Å². The minimum absolute atomic E-state index is 0.0513. The number of methoxy groups -OCH3 is 2. The number of carbonyl (C=O) groups excluding carboxylic acids is 5. The molecule has 0 spiro atoms. The van der Waals surface area contributed by atoms with Gasteiger partial charge in [-0.2, -0.15) is 0 Å². The molecule has 2 bridgehead atoms. The number of ketones is 3. The lowest BCUT2D eigenvalue weighted by atomic mass is 9.75. The standard InChI is InChI=1S/C52H81NO11/c1-31-17-13-12-14-18-32(2)45(62-11)29-41-22-20-38(8)52(60,64-41)49(57)50(58)53-24-16-15-19-42(53)51(59)63-46(35(5)28-40-21-23-44(61-10)34(4)27-40)30-43(54)33(3)26-37(7)48(56)39(9)47(55)36(6)25-31/h12-14,17-18,26,31,33-36,38-42,44-46,48,56,60H,15-16,19-25,27-30H2,1-11H3/b14-12+,17-13+,32-18+,37-26+/t31-,33-,34-,35-,36-,38-,39+,40-,41+,42+,44-,45+,46+,48-,52-/m1/s1. The van der Waals surface area contributed by atoms with E-state index in [0.717, 1.165) is 24.8 Å². The smallest absolute Gasteiger partial charge is 0.329 e. The number of esters is 1. The number of piperidine rings is 1. The molecule has 4 rings (SSSR count). The Morgan fingerprint density at radius 3 is 2.25 bits per heavy atom. The van der Waals surface area contributed by atoms with E-state index in [1.165, 1.54) is 4.90 Å². The maximum Gasteiger partial charge on any atom is 0.329 e. The number of ether oxygens (including phenoxy) is 4. The molecule has 1 aliphatic carbocycles. The van der Waals surface area contributed by atoms with Gasteiger partial charge in [0.1, 0.15) is 23.7 Å². The fourth-order valence-corrected chi connectivity index (χ4v) is 10.6. The summed E-state index contributed by atoms with van der Waals surface area (Å²) in [6, 6.07) is -1.09. The lowest BCUT2D eigenvalue weighted by molar-refractivity contribution is -0.265. The molecular formula is C52H81NO11. The minimum Gasteiger partial charge on any atom is -0.460 e. The van der Waals surface area contributed by atoms with Crippen molar-refractivity contribution >= 4 is 29.2 Å². The molecule has 3 aliphatic heterocycles. The van der Waals surface area contributed by atoms with Crippen LogP contribution in [0.3, 0.4) is 0 Å². The number of fused-ring (bicyclic) bond motifs is 3. The first-order chi connectivity index (χ1) is 30.2. The van der Waals surface area contributed by atoms with Crippen LogP contribution in [0.2, 0.25) is 0 Å². The normalized spacial score (nSPS) is 40.9. The van der Waals surface area contributed by atoms with Crippen molar-refractivity contribution in [2.24, 2.45) is 47.3 Å². The second-order valence-electron chi connectivity index (χ2n) is 20.1. The molecule has 12 nitrogen and oxygen atoms in total. The predicted molar refractivity (Wildman–Crippen MR) is 247 cm³/mol. The number of rotatable bonds is 5. The van der Waals surface area contributed by atoms with Gasteiger partial charge in [0.25, 0.3) is 11.7 Å². The van der Waals surface area contributed by atoms with E-state index >= 15 is 0 Å². The van der Waals surface area contributed by atoms with Gasteiger partial charge in [-0.05, 0) is 113 Å². The lowest BCUT2D eigenvalue weighted by Gasteiger charge is -2.42. The molecule has 2 N–H and O–H groups in total. The Bertz CT molecular complexity index is 1730. The molecule has 12 heteroatoms. The number of hydrogen-bond donors (Lipinski definition) is 2. The molecule has 0 aromatic heterocycles. The van der Waals surface area contributed by atoms with Crippen LogP contribution in [-0.4, -0.2) is 107 Å². The Hall–Kier alpha value is -3.29. The maximum atomic E-state index is 14.4. The van der Waals surface area contributed by atoms with E-state index in [4.69, 9.17) is 18.9 Å². The van der Waals surface area contributed by atoms with E-state index in [0.29, 0.717) is 62.4 Å². The first-order valence-electron chi connectivity index (χ1n) is 24.2. The number of aliphatic hydroxyl groups is 2. The van der Waals surface area contributed by atoms with Crippen LogP contribution in [0.5, 0.6) is 0 Å². The van der Waals surface area contributed by atoms with Crippen molar-refractivity contribution in [2.45, 2.75) is 182 Å². The average molecular weight is 896 g/mol. The van der Waals surface area contributed by atoms with E-state index in [-0.39, 0.29) is 54.8 Å². The van der Waals surface area contributed by atoms with Gasteiger partial charge in [0.2, 0.25) is 5.79 Å². The zero-order valence-electron chi connectivity index (χ0n) is 40.8. The molecule has 2 saturated heterocycles. The van der Waals surface area contributed by atoms with Gasteiger partial charge in [0.15, 0.2) is 0 Å². The van der Waals surface area contributed by atoms with Gasteiger partial charge in [-0.1, -0.05) is 84.9 Å². The summed E-state index contributed by atoms with van der Waals surface area (Å²) in [5, 5.41) is 23.3. The molecule has 0 aromatic rings. The molecule has 4 aliphatic rings. The van der Waals surface area contributed by atoms with Gasteiger partial charge in [-0.15, -0.1) is 0 Å². The Kier molecular flexibility index (Phi) is 20.4. The van der Waals surface area contributed by atoms with E-state index in [1.54, 1.807) is 48.0 Å². The molecule has 15 atom stereocenters. The van der Waals surface area contributed by atoms with Crippen molar-refractivity contribution in [1.82, 2.24) is 4.90 Å². The van der Waals surface area contributed by atoms with Gasteiger partial charge in [-0.25, -0.2) is 4.79 Å². The van der Waals surface area contributed by atoms with Crippen LogP contribution in [-0.2, 0) is 42.9 Å². The molecule has 64 heavy (non-hydrogen) atoms. The zero-order valence-corrected chi connectivity index (χ0v) is 40.8. The van der Waals surface area contributed by atoms with Crippen molar-refractivity contribution < 1.29 is 53.1 Å². The predicted octanol–water partition coefficient (Wildman–Crippen LogP) is 8.08. The molecule has 1 saturated carbocycles. The minimum atomic E-state index is -2.40. The SMILES string of the molecule is CO[C@H]1C[C@@H]2CC[C@@H](C)[C@@](O)(O2)C(=O)C(=O)N2CCCC[C@H]2C(=O)O[C@H]([C@H](C)C[C@@H]2CC[C@@H](OC)[C@H](C)C2)CC(=O)[C@H](C)/C=C(\C)[C@@H](O)[C@@H](C)C(=O)[C@H](C)C[C@H](C)/C=C/C=C/C=C/1C. The number of amides is 1. The molecule has 0 aromatic carbocycles. The van der Waals surface area contributed by atoms with E-state index < -0.39 is 71.7 Å². The van der Waals surface area contributed by atoms with Crippen molar-refractivity contribution in [3.8, 4) is 0 Å². The highest BCUT2D eigenvalue weighted by Crippen LogP contribution is 2.38. The summed E-state index contributed by atoms with van der Waals surface area (Å²) in [6.45, 7) is 17.1. The van der Waals surface area contributed by atoms with Crippen molar-refractivity contribution in [3.63, 3.8) is 0 Å². The van der Waals surface area contributed by atoms with Crippen molar-refractivity contribution in [3.05, 3.63) is 47.6 Å². The number of hydrogen-bond acceptors (Lipinski definition) is 11. The summed E-state index contributed by atoms with van der Waals surface area (Å²) < 4.78 is 24.0. The summed E-state index contributed by atoms with van der Waals surface area (Å²) in [5.41, 5.74) is 1.42. The molecule has 360 valence electrons. The fourth-order valence-electron chi connectivity index (χ4n) is 10.6. The molecule has 3 fully saturated rings. The third kappa shape index (κ3) is 13.9.